The van der Waals surface area contributed by atoms with Crippen LogP contribution in [0.25, 0.3) is 0 Å². The molecule has 0 rings (SSSR count). The van der Waals surface area contributed by atoms with Crippen LogP contribution >= 0.6 is 0 Å². The maximum Gasteiger partial charge on any atom is 0.307 e. The quantitative estimate of drug-likeness (QED) is 0.505. The van der Waals surface area contributed by atoms with Crippen molar-refractivity contribution in [1.29, 1.82) is 0 Å². The van der Waals surface area contributed by atoms with Crippen molar-refractivity contribution in [2.24, 2.45) is 0 Å². The van der Waals surface area contributed by atoms with E-state index >= 15 is 0 Å². The van der Waals surface area contributed by atoms with E-state index in [-0.39, 0.29) is 5.78 Å². The third-order valence-corrected chi connectivity index (χ3v) is 0.881. The highest BCUT2D eigenvalue weighted by atomic mass is 16.5. The van der Waals surface area contributed by atoms with E-state index in [4.69, 9.17) is 0 Å². The third kappa shape index (κ3) is 3.70. The van der Waals surface area contributed by atoms with Crippen LogP contribution in [0.15, 0.2) is 0 Å². The molecule has 0 saturated heterocycles. The highest BCUT2D eigenvalue weighted by Crippen LogP contribution is 1.90. The van der Waals surface area contributed by atoms with Crippen LogP contribution < -0.4 is 0 Å². The lowest BCUT2D eigenvalue weighted by atomic mass is 10.3. The molecular formula is C6H9O3. The fourth-order valence-corrected chi connectivity index (χ4v) is 0.280. The first-order valence-corrected chi connectivity index (χ1v) is 2.57. The monoisotopic (exact) mass is 129 g/mol. The number of ether oxygens (including phenoxy) is 1. The van der Waals surface area contributed by atoms with Crippen molar-refractivity contribution in [1.82, 2.24) is 0 Å². The Bertz CT molecular complexity index is 128. The highest BCUT2D eigenvalue weighted by Gasteiger charge is 2.08. The van der Waals surface area contributed by atoms with Gasteiger partial charge in [0.15, 0.2) is 11.9 Å². The molecule has 1 unspecified atom stereocenters. The van der Waals surface area contributed by atoms with Gasteiger partial charge in [-0.2, -0.15) is 0 Å². The van der Waals surface area contributed by atoms with E-state index in [1.807, 2.05) is 0 Å². The van der Waals surface area contributed by atoms with Gasteiger partial charge in [-0.15, -0.1) is 0 Å². The fourth-order valence-electron chi connectivity index (χ4n) is 0.280. The summed E-state index contributed by atoms with van der Waals surface area (Å²) in [7, 11) is 0. The highest BCUT2D eigenvalue weighted by molar-refractivity contribution is 5.84. The smallest absolute Gasteiger partial charge is 0.307 e. The van der Waals surface area contributed by atoms with Crippen LogP contribution in [0.3, 0.4) is 0 Å². The van der Waals surface area contributed by atoms with E-state index in [0.717, 1.165) is 0 Å². The third-order valence-electron chi connectivity index (χ3n) is 0.881. The number of carbonyl (C=O) groups excluding carboxylic acids is 2. The number of Topliss-reactive ketones (excluding diaryl/α,β-unsaturated/α-hetero) is 1. The topological polar surface area (TPSA) is 43.4 Å². The predicted molar refractivity (Wildman–Crippen MR) is 31.6 cm³/mol. The molecular weight excluding hydrogens is 120 g/mol. The van der Waals surface area contributed by atoms with Gasteiger partial charge in [0.2, 0.25) is 0 Å². The summed E-state index contributed by atoms with van der Waals surface area (Å²) in [4.78, 5) is 20.4. The zero-order chi connectivity index (χ0) is 7.44. The van der Waals surface area contributed by atoms with E-state index < -0.39 is 12.1 Å². The Labute approximate surface area is 54.0 Å². The van der Waals surface area contributed by atoms with Gasteiger partial charge in [0.05, 0.1) is 6.92 Å². The molecule has 0 aliphatic rings. The molecule has 0 saturated carbocycles. The zero-order valence-electron chi connectivity index (χ0n) is 5.51. The van der Waals surface area contributed by atoms with Crippen LogP contribution in [-0.2, 0) is 14.3 Å². The molecule has 0 aromatic rings. The molecule has 0 aliphatic carbocycles. The lowest BCUT2D eigenvalue weighted by Gasteiger charge is -2.05. The maximum atomic E-state index is 10.4. The van der Waals surface area contributed by atoms with Gasteiger partial charge >= 0.3 is 5.97 Å². The summed E-state index contributed by atoms with van der Waals surface area (Å²) in [5, 5.41) is 0. The Morgan fingerprint density at radius 3 is 2.11 bits per heavy atom. The van der Waals surface area contributed by atoms with Gasteiger partial charge in [-0.25, -0.2) is 0 Å². The van der Waals surface area contributed by atoms with Gasteiger partial charge < -0.3 is 4.74 Å². The van der Waals surface area contributed by atoms with Crippen LogP contribution in [0, 0.1) is 6.92 Å². The summed E-state index contributed by atoms with van der Waals surface area (Å²) < 4.78 is 4.41. The second-order valence-electron chi connectivity index (χ2n) is 1.74. The molecule has 0 fully saturated rings. The summed E-state index contributed by atoms with van der Waals surface area (Å²) in [5.74, 6) is -0.843. The number of hydrogen-bond acceptors (Lipinski definition) is 3. The van der Waals surface area contributed by atoms with Gasteiger partial charge in [0.25, 0.3) is 0 Å². The molecule has 0 aromatic heterocycles. The minimum atomic E-state index is -0.669. The van der Waals surface area contributed by atoms with Gasteiger partial charge in [-0.1, -0.05) is 0 Å². The number of hydrogen-bond donors (Lipinski definition) is 0. The largest absolute Gasteiger partial charge is 0.455 e. The van der Waals surface area contributed by atoms with E-state index in [1.165, 1.54) is 13.8 Å². The second kappa shape index (κ2) is 3.22. The molecule has 0 bridgehead atoms. The van der Waals surface area contributed by atoms with Crippen molar-refractivity contribution >= 4 is 11.8 Å². The Morgan fingerprint density at radius 2 is 2.00 bits per heavy atom. The minimum absolute atomic E-state index is 0.174. The number of ketones is 1. The molecule has 0 amide bonds. The summed E-state index contributed by atoms with van der Waals surface area (Å²) in [6, 6.07) is 0. The standard InChI is InChI=1S/C6H9O3/c1-4(7)5(2)9-6(3)8/h5H,3H2,1-2H3. The van der Waals surface area contributed by atoms with Gasteiger partial charge in [-0.3, -0.25) is 9.59 Å². The zero-order valence-corrected chi connectivity index (χ0v) is 5.51. The van der Waals surface area contributed by atoms with Gasteiger partial charge in [0.1, 0.15) is 0 Å². The van der Waals surface area contributed by atoms with Gasteiger partial charge in [0, 0.05) is 0 Å². The first-order chi connectivity index (χ1) is 4.04. The summed E-state index contributed by atoms with van der Waals surface area (Å²) >= 11 is 0. The van der Waals surface area contributed by atoms with Crippen molar-refractivity contribution in [2.75, 3.05) is 0 Å². The molecule has 0 aromatic carbocycles. The van der Waals surface area contributed by atoms with Crippen molar-refractivity contribution in [3.05, 3.63) is 6.92 Å². The SMILES string of the molecule is [CH2]C(=O)OC(C)C(C)=O. The van der Waals surface area contributed by atoms with Crippen molar-refractivity contribution in [2.45, 2.75) is 20.0 Å². The molecule has 51 valence electrons. The normalized spacial score (nSPS) is 12.3. The van der Waals surface area contributed by atoms with Crippen LogP contribution in [0.2, 0.25) is 0 Å². The first-order valence-electron chi connectivity index (χ1n) is 2.57. The van der Waals surface area contributed by atoms with E-state index in [1.54, 1.807) is 0 Å². The van der Waals surface area contributed by atoms with Gasteiger partial charge in [-0.05, 0) is 13.8 Å². The van der Waals surface area contributed by atoms with E-state index in [2.05, 4.69) is 11.7 Å². The average Bonchev–Trinajstić information content (AvgIpc) is 1.63. The lowest BCUT2D eigenvalue weighted by molar-refractivity contribution is -0.148. The lowest BCUT2D eigenvalue weighted by Crippen LogP contribution is -2.19. The first kappa shape index (κ1) is 8.14. The molecule has 1 radical (unpaired) electrons. The average molecular weight is 129 g/mol. The Kier molecular flexibility index (Phi) is 2.91. The molecule has 0 heterocycles. The fraction of sp³-hybridized carbons (Fsp3) is 0.500. The molecule has 0 N–H and O–H groups in total. The summed E-state index contributed by atoms with van der Waals surface area (Å²) in [6.07, 6.45) is -0.657. The minimum Gasteiger partial charge on any atom is -0.455 e. The molecule has 3 heteroatoms. The molecule has 1 atom stereocenters. The van der Waals surface area contributed by atoms with E-state index in [9.17, 15) is 9.59 Å². The Balaban J connectivity index is 3.63. The predicted octanol–water partition coefficient (Wildman–Crippen LogP) is 0.341. The summed E-state index contributed by atoms with van der Waals surface area (Å²) in [6.45, 7) is 5.81. The van der Waals surface area contributed by atoms with Crippen molar-refractivity contribution in [3.8, 4) is 0 Å². The van der Waals surface area contributed by atoms with E-state index in [0.29, 0.717) is 0 Å². The number of esters is 1. The second-order valence-corrected chi connectivity index (χ2v) is 1.74. The van der Waals surface area contributed by atoms with Crippen molar-refractivity contribution in [3.63, 3.8) is 0 Å². The van der Waals surface area contributed by atoms with Crippen LogP contribution in [-0.4, -0.2) is 17.9 Å². The Hall–Kier alpha value is -0.860. The maximum absolute atomic E-state index is 10.4. The number of rotatable bonds is 2. The molecule has 0 spiro atoms. The van der Waals surface area contributed by atoms with Crippen LogP contribution in [0.5, 0.6) is 0 Å². The number of carbonyl (C=O) groups is 2. The molecule has 0 aliphatic heterocycles. The summed E-state index contributed by atoms with van der Waals surface area (Å²) in [5.41, 5.74) is 0. The van der Waals surface area contributed by atoms with Crippen LogP contribution in [0.1, 0.15) is 13.8 Å². The van der Waals surface area contributed by atoms with Crippen LogP contribution in [0.4, 0.5) is 0 Å². The van der Waals surface area contributed by atoms with Crippen molar-refractivity contribution < 1.29 is 14.3 Å². The molecule has 9 heavy (non-hydrogen) atoms. The molecule has 3 nitrogen and oxygen atoms in total. The Morgan fingerprint density at radius 1 is 1.56 bits per heavy atom.